The second-order valence-corrected chi connectivity index (χ2v) is 49.3. The van der Waals surface area contributed by atoms with E-state index < -0.39 is 0 Å². The van der Waals surface area contributed by atoms with Gasteiger partial charge in [0, 0.05) is 80.5 Å². The second-order valence-electron chi connectivity index (χ2n) is 48.3. The highest BCUT2D eigenvalue weighted by molar-refractivity contribution is 7.17. The predicted molar refractivity (Wildman–Crippen MR) is 590 cm³/mol. The SMILES string of the molecule is Cc1cc2c(cc1-c1c3ccc(CC(C)(C)C)cc3cc(C)[n+]1C)C1CCC2C1.Cc1cc2ccccc2cc1-c1c2ccc(CC(C)(C)C)cc2cc(C)[n+]1C.Cc1cc2ccoc2cc1-c1c2ccc(CC(C)(C)C)cc2cc(C)[n+]1C.Cc1cc2ccsc2cc1-c1c2ccc(CC(C)(C)C)cc2cc(C)[n+]1C.Cc1cccc2c1-c1c3c(cc(CC(C)(C)C)cc3cc(C)[n+]1C)C2(C)C. The van der Waals surface area contributed by atoms with Gasteiger partial charge in [0.25, 0.3) is 0 Å². The van der Waals surface area contributed by atoms with Crippen molar-refractivity contribution in [1.82, 2.24) is 0 Å². The van der Waals surface area contributed by atoms with Crippen LogP contribution in [-0.4, -0.2) is 0 Å². The zero-order chi connectivity index (χ0) is 99.0. The van der Waals surface area contributed by atoms with Crippen molar-refractivity contribution in [2.75, 3.05) is 0 Å². The zero-order valence-corrected chi connectivity index (χ0v) is 90.1. The third kappa shape index (κ3) is 20.0. The number of aryl methyl sites for hydroxylation is 10. The number of fused-ring (bicyclic) bond motifs is 14. The van der Waals surface area contributed by atoms with Gasteiger partial charge in [-0.3, -0.25) is 0 Å². The summed E-state index contributed by atoms with van der Waals surface area (Å²) in [6, 6.07) is 83.1. The smallest absolute Gasteiger partial charge is 0.221 e. The Morgan fingerprint density at radius 3 is 1.11 bits per heavy atom. The lowest BCUT2D eigenvalue weighted by molar-refractivity contribution is -0.665. The molecule has 0 radical (unpaired) electrons. The third-order valence-electron chi connectivity index (χ3n) is 30.1. The monoisotopic (exact) mass is 1840 g/mol. The Morgan fingerprint density at radius 2 is 0.667 bits per heavy atom. The van der Waals surface area contributed by atoms with E-state index in [0.29, 0.717) is 16.2 Å². The van der Waals surface area contributed by atoms with E-state index in [-0.39, 0.29) is 16.2 Å². The molecule has 6 nitrogen and oxygen atoms in total. The Labute approximate surface area is 829 Å². The van der Waals surface area contributed by atoms with Crippen molar-refractivity contribution in [2.24, 2.45) is 62.3 Å². The third-order valence-corrected chi connectivity index (χ3v) is 31.0. The lowest BCUT2D eigenvalue weighted by Gasteiger charge is -2.35. The molecule has 2 bridgehead atoms. The lowest BCUT2D eigenvalue weighted by atomic mass is 9.68. The highest BCUT2D eigenvalue weighted by atomic mass is 32.1. The molecule has 7 heterocycles. The molecule has 0 amide bonds. The van der Waals surface area contributed by atoms with Gasteiger partial charge in [-0.15, -0.1) is 11.3 Å². The van der Waals surface area contributed by atoms with Crippen LogP contribution in [0.15, 0.2) is 234 Å². The average molecular weight is 1840 g/mol. The molecule has 2 unspecified atom stereocenters. The number of hydrogen-bond acceptors (Lipinski definition) is 2. The number of nitrogens with zero attached hydrogens (tertiary/aromatic N) is 5. The first kappa shape index (κ1) is 97.9. The van der Waals surface area contributed by atoms with Crippen LogP contribution in [0.2, 0.25) is 0 Å². The Kier molecular flexibility index (Phi) is 26.3. The molecular formula is C131H152N5OS+5. The molecular weight excluding hydrogens is 1690 g/mol. The molecule has 3 aliphatic rings. The first-order chi connectivity index (χ1) is 64.9. The summed E-state index contributed by atoms with van der Waals surface area (Å²) in [7, 11) is 11.0. The van der Waals surface area contributed by atoms with Crippen molar-refractivity contribution in [1.29, 1.82) is 0 Å². The molecule has 7 heteroatoms. The number of thiophene rings is 1. The van der Waals surface area contributed by atoms with Gasteiger partial charge >= 0.3 is 0 Å². The fourth-order valence-electron chi connectivity index (χ4n) is 23.2. The van der Waals surface area contributed by atoms with Gasteiger partial charge < -0.3 is 4.42 Å². The van der Waals surface area contributed by atoms with Crippen molar-refractivity contribution in [3.8, 4) is 56.3 Å². The van der Waals surface area contributed by atoms with E-state index in [9.17, 15) is 0 Å². The quantitative estimate of drug-likeness (QED) is 0.133. The van der Waals surface area contributed by atoms with E-state index in [1.54, 1.807) is 17.4 Å². The summed E-state index contributed by atoms with van der Waals surface area (Å²) in [6.45, 7) is 61.7. The van der Waals surface area contributed by atoms with E-state index >= 15 is 0 Å². The number of pyridine rings is 5. The molecule has 0 spiro atoms. The Morgan fingerprint density at radius 1 is 0.304 bits per heavy atom. The molecule has 1 fully saturated rings. The van der Waals surface area contributed by atoms with Crippen molar-refractivity contribution in [3.05, 3.63) is 336 Å². The van der Waals surface area contributed by atoms with Crippen molar-refractivity contribution >= 4 is 97.0 Å². The Balaban J connectivity index is 0.000000119. The summed E-state index contributed by atoms with van der Waals surface area (Å²) in [6.07, 6.45) is 11.4. The molecule has 0 saturated heterocycles. The summed E-state index contributed by atoms with van der Waals surface area (Å²) < 4.78 is 18.8. The number of aromatic nitrogens is 5. The van der Waals surface area contributed by atoms with Gasteiger partial charge in [0.1, 0.15) is 40.8 Å². The van der Waals surface area contributed by atoms with E-state index in [1.165, 1.54) is 246 Å². The summed E-state index contributed by atoms with van der Waals surface area (Å²) in [4.78, 5) is 0. The van der Waals surface area contributed by atoms with Gasteiger partial charge in [-0.1, -0.05) is 233 Å². The van der Waals surface area contributed by atoms with Crippen molar-refractivity contribution in [2.45, 2.75) is 256 Å². The van der Waals surface area contributed by atoms with Crippen LogP contribution in [-0.2, 0) is 72.8 Å². The molecule has 0 aliphatic heterocycles. The normalized spacial score (nSPS) is 14.5. The summed E-state index contributed by atoms with van der Waals surface area (Å²) in [5, 5.41) is 20.8. The summed E-state index contributed by atoms with van der Waals surface area (Å²) in [5.74, 6) is 1.62. The van der Waals surface area contributed by atoms with E-state index in [1.807, 2.05) is 17.4 Å². The topological polar surface area (TPSA) is 32.5 Å². The van der Waals surface area contributed by atoms with Crippen molar-refractivity contribution in [3.63, 3.8) is 0 Å². The van der Waals surface area contributed by atoms with Gasteiger partial charge in [0.05, 0.1) is 61.0 Å². The van der Waals surface area contributed by atoms with Crippen molar-refractivity contribution < 1.29 is 27.3 Å². The highest BCUT2D eigenvalue weighted by Gasteiger charge is 2.41. The summed E-state index contributed by atoms with van der Waals surface area (Å²) in [5.41, 5.74) is 42.3. The maximum Gasteiger partial charge on any atom is 0.221 e. The molecule has 0 N–H and O–H groups in total. The minimum atomic E-state index is 0.00273. The van der Waals surface area contributed by atoms with Gasteiger partial charge in [-0.25, -0.2) is 0 Å². The van der Waals surface area contributed by atoms with Crippen LogP contribution in [0.3, 0.4) is 0 Å². The molecule has 21 rings (SSSR count). The minimum Gasteiger partial charge on any atom is -0.464 e. The van der Waals surface area contributed by atoms with Crippen LogP contribution in [0.4, 0.5) is 0 Å². The number of hydrogen-bond donors (Lipinski definition) is 0. The first-order valence-corrected chi connectivity index (χ1v) is 51.7. The minimum absolute atomic E-state index is 0.00273. The molecule has 138 heavy (non-hydrogen) atoms. The van der Waals surface area contributed by atoms with Gasteiger partial charge in [-0.2, -0.15) is 22.8 Å². The van der Waals surface area contributed by atoms with E-state index in [0.717, 1.165) is 54.9 Å². The molecule has 2 atom stereocenters. The second kappa shape index (κ2) is 37.1. The largest absolute Gasteiger partial charge is 0.464 e. The van der Waals surface area contributed by atoms with Crippen LogP contribution in [0, 0.1) is 96.3 Å². The molecule has 7 aromatic heterocycles. The van der Waals surface area contributed by atoms with Gasteiger partial charge in [0.15, 0.2) is 28.5 Å². The Hall–Kier alpha value is -11.8. The van der Waals surface area contributed by atoms with Crippen LogP contribution < -0.4 is 22.8 Å². The summed E-state index contributed by atoms with van der Waals surface area (Å²) >= 11 is 1.82. The molecule has 18 aromatic rings. The van der Waals surface area contributed by atoms with Gasteiger partial charge in [-0.05, 0) is 324 Å². The highest BCUT2D eigenvalue weighted by Crippen LogP contribution is 2.55. The number of furan rings is 1. The maximum atomic E-state index is 5.68. The number of benzene rings is 11. The van der Waals surface area contributed by atoms with Crippen LogP contribution >= 0.6 is 11.3 Å². The molecule has 3 aliphatic carbocycles. The number of rotatable bonds is 9. The van der Waals surface area contributed by atoms with Crippen LogP contribution in [0.1, 0.15) is 255 Å². The predicted octanol–water partition coefficient (Wildman–Crippen LogP) is 32.8. The fraction of sp³-hybridized carbons (Fsp3) is 0.366. The molecule has 708 valence electrons. The zero-order valence-electron chi connectivity index (χ0n) is 89.3. The van der Waals surface area contributed by atoms with Crippen LogP contribution in [0.5, 0.6) is 0 Å². The van der Waals surface area contributed by atoms with Crippen LogP contribution in [0.25, 0.3) is 142 Å². The molecule has 11 aromatic carbocycles. The van der Waals surface area contributed by atoms with E-state index in [2.05, 4.69) is 463 Å². The first-order valence-electron chi connectivity index (χ1n) is 50.8. The maximum absolute atomic E-state index is 5.68. The average Bonchev–Trinajstić information content (AvgIpc) is 1.00. The Bertz CT molecular complexity index is 7690. The lowest BCUT2D eigenvalue weighted by Crippen LogP contribution is -2.38. The van der Waals surface area contributed by atoms with Gasteiger partial charge in [0.2, 0.25) is 28.5 Å². The van der Waals surface area contributed by atoms with E-state index in [4.69, 9.17) is 4.42 Å². The molecule has 1 saturated carbocycles. The fourth-order valence-corrected chi connectivity index (χ4v) is 24.0. The standard InChI is InChI=1S/C28H34N.C27H30N.C26H32N.C25H28NO.C25H28NS/c1-17-11-25-20-8-9-21(14-20)26(25)15-24(17)27-23-10-7-19(16-28(3,4)5)13-22(23)12-18(2)29(27)6;1-18-13-21-9-7-8-10-22(21)16-25(18)26-24-12-11-20(17-27(3,4)5)15-23(24)14-19(2)28(26)6;1-16-10-9-11-20-22(16)24-23-19(12-17(2)27(24)8)13-18(15-25(3,4)5)14-21(23)26(20,6)7;2*1-16-11-19-9-10-27-23(19)14-22(16)24-21-8-7-18(15-25(3,4)5)13-20(21)12-17(2)26(24)6/h7,10-13,15,20-21H,8-9,14,16H2,1-6H3;7-16H,17H2,1-6H3;9-14H,15H2,1-8H3;2*7-14H,15H2,1-6H3/q5*+1.